The number of nitrogens with zero attached hydrogens (tertiary/aromatic N) is 3. The second-order valence-electron chi connectivity index (χ2n) is 6.50. The van der Waals surface area contributed by atoms with Crippen LogP contribution in [0.1, 0.15) is 29.2 Å². The summed E-state index contributed by atoms with van der Waals surface area (Å²) in [7, 11) is 1.62. The fraction of sp³-hybridized carbons (Fsp3) is 0.238. The van der Waals surface area contributed by atoms with Crippen molar-refractivity contribution in [3.8, 4) is 6.07 Å². The number of pyridine rings is 1. The Morgan fingerprint density at radius 2 is 1.97 bits per heavy atom. The number of likely N-dealkylation sites (N-methyl/N-ethyl adjacent to an activating group) is 1. The summed E-state index contributed by atoms with van der Waals surface area (Å²) in [6, 6.07) is 11.8. The first-order valence-corrected chi connectivity index (χ1v) is 10.3. The minimum atomic E-state index is -0.376. The predicted molar refractivity (Wildman–Crippen MR) is 120 cm³/mol. The van der Waals surface area contributed by atoms with Gasteiger partial charge in [-0.2, -0.15) is 5.26 Å². The van der Waals surface area contributed by atoms with Gasteiger partial charge in [-0.25, -0.2) is 0 Å². The van der Waals surface area contributed by atoms with E-state index in [1.807, 2.05) is 43.3 Å². The molecule has 29 heavy (non-hydrogen) atoms. The Balaban J connectivity index is 2.12. The minimum absolute atomic E-state index is 0.0648. The van der Waals surface area contributed by atoms with Crippen LogP contribution in [0.15, 0.2) is 40.0 Å². The van der Waals surface area contributed by atoms with Gasteiger partial charge in [-0.15, -0.1) is 0 Å². The van der Waals surface area contributed by atoms with Crippen LogP contribution in [0.25, 0.3) is 6.08 Å². The summed E-state index contributed by atoms with van der Waals surface area (Å²) in [5, 5.41) is 12.8. The molecule has 1 aromatic carbocycles. The summed E-state index contributed by atoms with van der Waals surface area (Å²) in [5.74, 6) is 0.389. The van der Waals surface area contributed by atoms with Crippen LogP contribution in [0.3, 0.4) is 0 Å². The number of carbonyl (C=O) groups is 1. The van der Waals surface area contributed by atoms with Gasteiger partial charge in [0.05, 0.1) is 4.91 Å². The molecule has 2 heterocycles. The average molecular weight is 425 g/mol. The van der Waals surface area contributed by atoms with Gasteiger partial charge in [0.25, 0.3) is 11.5 Å². The Labute approximate surface area is 178 Å². The largest absolute Gasteiger partial charge is 0.367 e. The van der Waals surface area contributed by atoms with Crippen molar-refractivity contribution >= 4 is 46.1 Å². The molecular formula is C21H20N4O2S2. The molecule has 148 valence electrons. The third-order valence-electron chi connectivity index (χ3n) is 4.77. The van der Waals surface area contributed by atoms with Crippen LogP contribution in [0.5, 0.6) is 0 Å². The molecule has 1 N–H and O–H groups in total. The molecule has 1 aromatic heterocycles. The number of anilines is 1. The second-order valence-corrected chi connectivity index (χ2v) is 8.18. The van der Waals surface area contributed by atoms with Gasteiger partial charge in [0.1, 0.15) is 21.8 Å². The molecule has 3 rings (SSSR count). The maximum absolute atomic E-state index is 12.7. The summed E-state index contributed by atoms with van der Waals surface area (Å²) >= 11 is 6.52. The summed E-state index contributed by atoms with van der Waals surface area (Å²) in [4.78, 5) is 27.3. The third kappa shape index (κ3) is 3.97. The first kappa shape index (κ1) is 20.8. The monoisotopic (exact) mass is 424 g/mol. The highest BCUT2D eigenvalue weighted by Gasteiger charge is 2.31. The molecule has 0 unspecified atom stereocenters. The lowest BCUT2D eigenvalue weighted by atomic mass is 10.0. The van der Waals surface area contributed by atoms with Crippen LogP contribution in [0, 0.1) is 18.3 Å². The van der Waals surface area contributed by atoms with Crippen molar-refractivity contribution in [1.29, 1.82) is 5.26 Å². The van der Waals surface area contributed by atoms with E-state index >= 15 is 0 Å². The van der Waals surface area contributed by atoms with Gasteiger partial charge in [0, 0.05) is 25.7 Å². The number of benzene rings is 1. The Morgan fingerprint density at radius 3 is 2.55 bits per heavy atom. The van der Waals surface area contributed by atoms with Gasteiger partial charge in [0.2, 0.25) is 0 Å². The summed E-state index contributed by atoms with van der Waals surface area (Å²) in [6.45, 7) is 4.58. The highest BCUT2D eigenvalue weighted by atomic mass is 32.2. The molecule has 1 saturated heterocycles. The van der Waals surface area contributed by atoms with Gasteiger partial charge in [-0.05, 0) is 31.1 Å². The first-order valence-electron chi connectivity index (χ1n) is 9.05. The zero-order chi connectivity index (χ0) is 21.1. The van der Waals surface area contributed by atoms with E-state index in [4.69, 9.17) is 12.2 Å². The van der Waals surface area contributed by atoms with Crippen molar-refractivity contribution in [2.24, 2.45) is 7.05 Å². The molecule has 0 saturated carbocycles. The fourth-order valence-corrected chi connectivity index (χ4v) is 4.50. The first-order chi connectivity index (χ1) is 13.9. The highest BCUT2D eigenvalue weighted by molar-refractivity contribution is 8.26. The number of nitrogens with one attached hydrogen (secondary N) is 1. The van der Waals surface area contributed by atoms with Crippen molar-refractivity contribution in [3.63, 3.8) is 0 Å². The van der Waals surface area contributed by atoms with Crippen LogP contribution in [-0.4, -0.2) is 26.2 Å². The van der Waals surface area contributed by atoms with E-state index in [-0.39, 0.29) is 17.0 Å². The predicted octanol–water partition coefficient (Wildman–Crippen LogP) is 3.40. The lowest BCUT2D eigenvalue weighted by molar-refractivity contribution is -0.121. The second kappa shape index (κ2) is 8.64. The average Bonchev–Trinajstić information content (AvgIpc) is 2.99. The topological polar surface area (TPSA) is 78.1 Å². The zero-order valence-corrected chi connectivity index (χ0v) is 18.0. The molecule has 0 spiro atoms. The quantitative estimate of drug-likeness (QED) is 0.586. The van der Waals surface area contributed by atoms with Crippen molar-refractivity contribution < 1.29 is 4.79 Å². The van der Waals surface area contributed by atoms with Gasteiger partial charge in [-0.3, -0.25) is 19.1 Å². The molecule has 2 aromatic rings. The number of thioether (sulfide) groups is 1. The van der Waals surface area contributed by atoms with E-state index in [1.54, 1.807) is 20.0 Å². The molecule has 0 radical (unpaired) electrons. The summed E-state index contributed by atoms with van der Waals surface area (Å²) in [5.41, 5.74) is 1.91. The molecule has 0 atom stereocenters. The van der Waals surface area contributed by atoms with Crippen LogP contribution in [0.2, 0.25) is 0 Å². The molecule has 8 heteroatoms. The molecule has 1 fully saturated rings. The van der Waals surface area contributed by atoms with E-state index in [9.17, 15) is 14.9 Å². The number of rotatable bonds is 5. The van der Waals surface area contributed by atoms with Gasteiger partial charge >= 0.3 is 0 Å². The standard InChI is InChI=1S/C21H20N4O2S2/c1-4-25-20(27)17(29-21(25)28)10-15-13(2)16(11-22)19(26)24(3)18(15)23-12-14-8-6-5-7-9-14/h5-10,23H,4,12H2,1-3H3/b17-10+. The smallest absolute Gasteiger partial charge is 0.270 e. The van der Waals surface area contributed by atoms with Crippen molar-refractivity contribution in [2.45, 2.75) is 20.4 Å². The fourth-order valence-electron chi connectivity index (χ4n) is 3.13. The molecule has 0 aliphatic carbocycles. The van der Waals surface area contributed by atoms with E-state index in [2.05, 4.69) is 5.32 Å². The lowest BCUT2D eigenvalue weighted by Gasteiger charge is -2.18. The third-order valence-corrected chi connectivity index (χ3v) is 6.15. The Hall–Kier alpha value is -2.89. The number of nitriles is 1. The van der Waals surface area contributed by atoms with Gasteiger partial charge in [-0.1, -0.05) is 54.3 Å². The molecule has 6 nitrogen and oxygen atoms in total. The highest BCUT2D eigenvalue weighted by Crippen LogP contribution is 2.34. The van der Waals surface area contributed by atoms with Crippen molar-refractivity contribution in [2.75, 3.05) is 11.9 Å². The SMILES string of the molecule is CCN1C(=O)/C(=C\c2c(C)c(C#N)c(=O)n(C)c2NCc2ccccc2)SC1=S. The number of aromatic nitrogens is 1. The van der Waals surface area contributed by atoms with Crippen LogP contribution >= 0.6 is 24.0 Å². The van der Waals surface area contributed by atoms with Gasteiger partial charge in [0.15, 0.2) is 0 Å². The minimum Gasteiger partial charge on any atom is -0.367 e. The van der Waals surface area contributed by atoms with Crippen LogP contribution in [-0.2, 0) is 18.4 Å². The van der Waals surface area contributed by atoms with E-state index in [0.29, 0.717) is 39.3 Å². The molecular weight excluding hydrogens is 404 g/mol. The van der Waals surface area contributed by atoms with E-state index < -0.39 is 0 Å². The van der Waals surface area contributed by atoms with Gasteiger partial charge < -0.3 is 5.32 Å². The molecule has 1 aliphatic rings. The normalized spacial score (nSPS) is 15.1. The lowest BCUT2D eigenvalue weighted by Crippen LogP contribution is -2.27. The summed E-state index contributed by atoms with van der Waals surface area (Å²) < 4.78 is 1.92. The Kier molecular flexibility index (Phi) is 6.20. The van der Waals surface area contributed by atoms with Crippen molar-refractivity contribution in [3.05, 3.63) is 67.8 Å². The Bertz CT molecular complexity index is 1110. The number of carbonyl (C=O) groups excluding carboxylic acids is 1. The molecule has 0 bridgehead atoms. The summed E-state index contributed by atoms with van der Waals surface area (Å²) in [6.07, 6.45) is 1.72. The number of amides is 1. The number of hydrogen-bond donors (Lipinski definition) is 1. The molecule has 1 amide bonds. The maximum Gasteiger partial charge on any atom is 0.270 e. The van der Waals surface area contributed by atoms with Crippen molar-refractivity contribution in [1.82, 2.24) is 9.47 Å². The van der Waals surface area contributed by atoms with Crippen LogP contribution < -0.4 is 10.9 Å². The number of thiocarbonyl (C=S) groups is 1. The Morgan fingerprint density at radius 1 is 1.28 bits per heavy atom. The van der Waals surface area contributed by atoms with E-state index in [1.165, 1.54) is 21.2 Å². The van der Waals surface area contributed by atoms with E-state index in [0.717, 1.165) is 5.56 Å². The van der Waals surface area contributed by atoms with Crippen LogP contribution in [0.4, 0.5) is 5.82 Å². The number of hydrogen-bond acceptors (Lipinski definition) is 6. The molecule has 1 aliphatic heterocycles. The zero-order valence-electron chi connectivity index (χ0n) is 16.4. The maximum atomic E-state index is 12.7.